The van der Waals surface area contributed by atoms with Crippen LogP contribution in [0, 0.1) is 11.8 Å². The maximum absolute atomic E-state index is 11.9. The van der Waals surface area contributed by atoms with E-state index < -0.39 is 0 Å². The van der Waals surface area contributed by atoms with E-state index in [1.165, 1.54) is 11.3 Å². The second-order valence-electron chi connectivity index (χ2n) is 5.33. The van der Waals surface area contributed by atoms with Crippen LogP contribution in [-0.2, 0) is 16.1 Å². The van der Waals surface area contributed by atoms with Gasteiger partial charge in [0.05, 0.1) is 18.2 Å². The molecule has 0 bridgehead atoms. The van der Waals surface area contributed by atoms with E-state index in [2.05, 4.69) is 9.88 Å². The number of thiazole rings is 1. The number of ether oxygens (including phenoxy) is 1. The molecule has 0 spiro atoms. The lowest BCUT2D eigenvalue weighted by molar-refractivity contribution is -0.141. The molecule has 0 amide bonds. The fraction of sp³-hybridized carbons (Fsp3) is 0.462. The Balaban J connectivity index is 1.56. The molecule has 0 radical (unpaired) electrons. The average molecular weight is 291 g/mol. The zero-order valence-corrected chi connectivity index (χ0v) is 11.5. The summed E-state index contributed by atoms with van der Waals surface area (Å²) in [6.07, 6.45) is 1.73. The zero-order chi connectivity index (χ0) is 13.7. The zero-order valence-electron chi connectivity index (χ0n) is 10.7. The van der Waals surface area contributed by atoms with Crippen molar-refractivity contribution >= 4 is 22.3 Å². The Kier molecular flexibility index (Phi) is 2.64. The largest absolute Gasteiger partial charge is 0.465 e. The molecule has 104 valence electrons. The minimum absolute atomic E-state index is 0.00145. The summed E-state index contributed by atoms with van der Waals surface area (Å²) in [7, 11) is 0. The lowest BCUT2D eigenvalue weighted by atomic mass is 10.0. The molecule has 4 rings (SSSR count). The number of carbonyl (C=O) groups is 1. The van der Waals surface area contributed by atoms with Crippen molar-refractivity contribution in [3.8, 4) is 0 Å². The molecule has 2 saturated heterocycles. The first kappa shape index (κ1) is 12.0. The third kappa shape index (κ3) is 1.85. The van der Waals surface area contributed by atoms with E-state index in [1.807, 2.05) is 5.38 Å². The minimum Gasteiger partial charge on any atom is -0.465 e. The number of fused-ring (bicyclic) bond motifs is 2. The van der Waals surface area contributed by atoms with Gasteiger partial charge in [0.1, 0.15) is 0 Å². The Hall–Kier alpha value is -1.73. The molecule has 4 heterocycles. The average Bonchev–Trinajstić information content (AvgIpc) is 3.08. The van der Waals surface area contributed by atoms with Crippen molar-refractivity contribution in [2.24, 2.45) is 11.8 Å². The Bertz CT molecular complexity index is 738. The molecule has 2 fully saturated rings. The third-order valence-corrected chi connectivity index (χ3v) is 4.76. The van der Waals surface area contributed by atoms with Gasteiger partial charge in [-0.15, -0.1) is 11.3 Å². The minimum atomic E-state index is -0.0840. The Morgan fingerprint density at radius 2 is 2.30 bits per heavy atom. The van der Waals surface area contributed by atoms with Crippen molar-refractivity contribution in [2.75, 3.05) is 19.7 Å². The van der Waals surface area contributed by atoms with E-state index in [0.717, 1.165) is 12.2 Å². The first-order valence-electron chi connectivity index (χ1n) is 6.55. The van der Waals surface area contributed by atoms with Gasteiger partial charge in [-0.1, -0.05) is 0 Å². The highest BCUT2D eigenvalue weighted by Crippen LogP contribution is 2.30. The van der Waals surface area contributed by atoms with Crippen LogP contribution in [0.15, 0.2) is 22.4 Å². The molecule has 2 atom stereocenters. The van der Waals surface area contributed by atoms with Crippen LogP contribution in [-0.4, -0.2) is 40.0 Å². The smallest absolute Gasteiger partial charge is 0.310 e. The normalized spacial score (nSPS) is 26.1. The quantitative estimate of drug-likeness (QED) is 0.748. The molecule has 2 aliphatic heterocycles. The highest BCUT2D eigenvalue weighted by molar-refractivity contribution is 7.15. The molecule has 20 heavy (non-hydrogen) atoms. The number of hydrogen-bond donors (Lipinski definition) is 0. The number of esters is 1. The summed E-state index contributed by atoms with van der Waals surface area (Å²) in [5.74, 6) is 0.217. The fourth-order valence-electron chi connectivity index (χ4n) is 3.02. The van der Waals surface area contributed by atoms with Crippen LogP contribution >= 0.6 is 11.3 Å². The molecule has 2 aromatic rings. The predicted molar refractivity (Wildman–Crippen MR) is 72.6 cm³/mol. The lowest BCUT2D eigenvalue weighted by Gasteiger charge is -2.15. The summed E-state index contributed by atoms with van der Waals surface area (Å²) in [5, 5.41) is 1.85. The maximum Gasteiger partial charge on any atom is 0.310 e. The van der Waals surface area contributed by atoms with E-state index in [4.69, 9.17) is 4.74 Å². The highest BCUT2D eigenvalue weighted by atomic mass is 32.1. The number of cyclic esters (lactones) is 1. The number of carbonyl (C=O) groups excluding carboxylic acids is 1. The van der Waals surface area contributed by atoms with Gasteiger partial charge in [-0.3, -0.25) is 18.9 Å². The Labute approximate surface area is 118 Å². The third-order valence-electron chi connectivity index (χ3n) is 4.00. The van der Waals surface area contributed by atoms with Gasteiger partial charge in [-0.2, -0.15) is 0 Å². The van der Waals surface area contributed by atoms with Crippen LogP contribution in [0.1, 0.15) is 5.69 Å². The van der Waals surface area contributed by atoms with Gasteiger partial charge in [-0.25, -0.2) is 4.98 Å². The molecule has 2 aliphatic rings. The van der Waals surface area contributed by atoms with Crippen LogP contribution in [0.5, 0.6) is 0 Å². The van der Waals surface area contributed by atoms with Crippen LogP contribution in [0.25, 0.3) is 4.96 Å². The molecular weight excluding hydrogens is 278 g/mol. The van der Waals surface area contributed by atoms with Gasteiger partial charge in [0.15, 0.2) is 4.96 Å². The van der Waals surface area contributed by atoms with Gasteiger partial charge in [0.2, 0.25) is 0 Å². The van der Waals surface area contributed by atoms with E-state index in [-0.39, 0.29) is 17.4 Å². The summed E-state index contributed by atoms with van der Waals surface area (Å²) in [5.41, 5.74) is 0.718. The summed E-state index contributed by atoms with van der Waals surface area (Å²) in [6.45, 7) is 2.68. The second-order valence-corrected chi connectivity index (χ2v) is 6.21. The summed E-state index contributed by atoms with van der Waals surface area (Å²) in [4.78, 5) is 30.8. The number of hydrogen-bond acceptors (Lipinski definition) is 6. The molecule has 6 nitrogen and oxygen atoms in total. The van der Waals surface area contributed by atoms with Gasteiger partial charge < -0.3 is 4.74 Å². The number of likely N-dealkylation sites (tertiary alicyclic amines) is 1. The maximum atomic E-state index is 11.9. The van der Waals surface area contributed by atoms with Gasteiger partial charge in [0.25, 0.3) is 5.56 Å². The van der Waals surface area contributed by atoms with Crippen molar-refractivity contribution in [3.05, 3.63) is 33.7 Å². The molecule has 0 aromatic carbocycles. The topological polar surface area (TPSA) is 63.9 Å². The molecule has 0 saturated carbocycles. The van der Waals surface area contributed by atoms with Crippen LogP contribution in [0.4, 0.5) is 0 Å². The van der Waals surface area contributed by atoms with E-state index in [0.29, 0.717) is 30.6 Å². The van der Waals surface area contributed by atoms with Gasteiger partial charge >= 0.3 is 5.97 Å². The monoisotopic (exact) mass is 291 g/mol. The van der Waals surface area contributed by atoms with Crippen LogP contribution < -0.4 is 5.56 Å². The standard InChI is InChI=1S/C13H13N3O3S/c17-11-3-9(14-13-16(11)1-2-20-13)5-15-4-8-7-19-12(18)10(8)6-15/h1-3,8,10H,4-7H2/t8-,10-/m1/s1. The number of nitrogens with zero attached hydrogens (tertiary/aromatic N) is 3. The van der Waals surface area contributed by atoms with Crippen molar-refractivity contribution in [1.82, 2.24) is 14.3 Å². The summed E-state index contributed by atoms with van der Waals surface area (Å²) in [6, 6.07) is 1.58. The van der Waals surface area contributed by atoms with E-state index in [9.17, 15) is 9.59 Å². The highest BCUT2D eigenvalue weighted by Gasteiger charge is 2.43. The Morgan fingerprint density at radius 1 is 1.40 bits per heavy atom. The second kappa shape index (κ2) is 4.39. The fourth-order valence-corrected chi connectivity index (χ4v) is 3.76. The molecule has 2 aromatic heterocycles. The molecule has 7 heteroatoms. The predicted octanol–water partition coefficient (Wildman–Crippen LogP) is 0.361. The van der Waals surface area contributed by atoms with Crippen molar-refractivity contribution in [2.45, 2.75) is 6.54 Å². The SMILES string of the molecule is O=C1OC[C@H]2CN(Cc3cc(=O)n4ccsc4n3)C[C@@H]12. The van der Waals surface area contributed by atoms with Crippen molar-refractivity contribution in [3.63, 3.8) is 0 Å². The first-order valence-corrected chi connectivity index (χ1v) is 7.43. The number of rotatable bonds is 2. The van der Waals surface area contributed by atoms with E-state index >= 15 is 0 Å². The molecule has 0 N–H and O–H groups in total. The molecule has 0 aliphatic carbocycles. The first-order chi connectivity index (χ1) is 9.70. The Morgan fingerprint density at radius 3 is 3.15 bits per heavy atom. The van der Waals surface area contributed by atoms with Crippen LogP contribution in [0.3, 0.4) is 0 Å². The molecular formula is C13H13N3O3S. The van der Waals surface area contributed by atoms with E-state index in [1.54, 1.807) is 16.7 Å². The van der Waals surface area contributed by atoms with Crippen molar-refractivity contribution in [1.29, 1.82) is 0 Å². The van der Waals surface area contributed by atoms with Crippen molar-refractivity contribution < 1.29 is 9.53 Å². The summed E-state index contributed by atoms with van der Waals surface area (Å²) >= 11 is 1.45. The number of aromatic nitrogens is 2. The van der Waals surface area contributed by atoms with Crippen LogP contribution in [0.2, 0.25) is 0 Å². The molecule has 0 unspecified atom stereocenters. The van der Waals surface area contributed by atoms with Gasteiger partial charge in [0, 0.05) is 43.2 Å². The van der Waals surface area contributed by atoms with Gasteiger partial charge in [-0.05, 0) is 0 Å². The lowest BCUT2D eigenvalue weighted by Crippen LogP contribution is -2.25. The summed E-state index contributed by atoms with van der Waals surface area (Å²) < 4.78 is 6.60.